The summed E-state index contributed by atoms with van der Waals surface area (Å²) in [6.07, 6.45) is 16.1. The summed E-state index contributed by atoms with van der Waals surface area (Å²) in [5, 5.41) is 0. The summed E-state index contributed by atoms with van der Waals surface area (Å²) >= 11 is 0. The third-order valence-corrected chi connectivity index (χ3v) is 5.98. The summed E-state index contributed by atoms with van der Waals surface area (Å²) < 4.78 is 11.7. The third-order valence-electron chi connectivity index (χ3n) is 5.98. The fourth-order valence-corrected chi connectivity index (χ4v) is 3.54. The van der Waals surface area contributed by atoms with Crippen molar-refractivity contribution in [2.75, 3.05) is 13.2 Å². The Balaban J connectivity index is 1.63. The molecule has 0 saturated heterocycles. The van der Waals surface area contributed by atoms with E-state index < -0.39 is 0 Å². The zero-order valence-electron chi connectivity index (χ0n) is 20.1. The maximum absolute atomic E-state index is 5.87. The molecule has 0 aliphatic rings. The number of nitrogens with zero attached hydrogens (tertiary/aromatic N) is 1. The molecular formula is C28H43NO2. The molecule has 3 heteroatoms. The van der Waals surface area contributed by atoms with E-state index in [2.05, 4.69) is 37.9 Å². The van der Waals surface area contributed by atoms with Crippen LogP contribution in [-0.4, -0.2) is 18.2 Å². The minimum atomic E-state index is 0.713. The Morgan fingerprint density at radius 1 is 0.710 bits per heavy atom. The van der Waals surface area contributed by atoms with Crippen LogP contribution < -0.4 is 9.47 Å². The SMILES string of the molecule is CCCCCCCCCCCOc1ccc(-c2ccc(OCCC(C)CC)cc2)nc1. The second-order valence-electron chi connectivity index (χ2n) is 8.73. The maximum Gasteiger partial charge on any atom is 0.137 e. The van der Waals surface area contributed by atoms with Crippen LogP contribution in [0.25, 0.3) is 11.3 Å². The fourth-order valence-electron chi connectivity index (χ4n) is 3.54. The molecule has 2 rings (SSSR count). The monoisotopic (exact) mass is 425 g/mol. The lowest BCUT2D eigenvalue weighted by Gasteiger charge is -2.10. The first-order chi connectivity index (χ1) is 15.2. The Hall–Kier alpha value is -2.03. The molecule has 0 fully saturated rings. The highest BCUT2D eigenvalue weighted by atomic mass is 16.5. The predicted octanol–water partition coefficient (Wildman–Crippen LogP) is 8.47. The molecule has 2 aromatic rings. The van der Waals surface area contributed by atoms with Crippen molar-refractivity contribution in [3.63, 3.8) is 0 Å². The summed E-state index contributed by atoms with van der Waals surface area (Å²) in [4.78, 5) is 4.57. The van der Waals surface area contributed by atoms with Gasteiger partial charge in [0.1, 0.15) is 11.5 Å². The van der Waals surface area contributed by atoms with E-state index in [1.165, 1.54) is 57.8 Å². The number of benzene rings is 1. The summed E-state index contributed by atoms with van der Waals surface area (Å²) in [6, 6.07) is 12.3. The molecule has 1 atom stereocenters. The molecule has 1 aromatic heterocycles. The van der Waals surface area contributed by atoms with Gasteiger partial charge in [-0.2, -0.15) is 0 Å². The van der Waals surface area contributed by atoms with Crippen LogP contribution in [0.1, 0.15) is 91.4 Å². The topological polar surface area (TPSA) is 31.4 Å². The van der Waals surface area contributed by atoms with Gasteiger partial charge in [-0.1, -0.05) is 78.6 Å². The zero-order valence-corrected chi connectivity index (χ0v) is 20.1. The first-order valence-electron chi connectivity index (χ1n) is 12.5. The molecule has 1 aromatic carbocycles. The Kier molecular flexibility index (Phi) is 12.8. The van der Waals surface area contributed by atoms with Crippen molar-refractivity contribution in [2.45, 2.75) is 91.4 Å². The molecule has 0 aliphatic heterocycles. The van der Waals surface area contributed by atoms with E-state index in [-0.39, 0.29) is 0 Å². The van der Waals surface area contributed by atoms with Crippen LogP contribution >= 0.6 is 0 Å². The normalized spacial score (nSPS) is 12.0. The molecule has 1 unspecified atom stereocenters. The Labute approximate surface area is 190 Å². The highest BCUT2D eigenvalue weighted by Crippen LogP contribution is 2.23. The van der Waals surface area contributed by atoms with Crippen LogP contribution in [0.5, 0.6) is 11.5 Å². The molecule has 31 heavy (non-hydrogen) atoms. The molecule has 0 N–H and O–H groups in total. The van der Waals surface area contributed by atoms with E-state index in [9.17, 15) is 0 Å². The third kappa shape index (κ3) is 10.7. The second-order valence-corrected chi connectivity index (χ2v) is 8.73. The Morgan fingerprint density at radius 2 is 1.32 bits per heavy atom. The largest absolute Gasteiger partial charge is 0.494 e. The van der Waals surface area contributed by atoms with Crippen molar-refractivity contribution >= 4 is 0 Å². The van der Waals surface area contributed by atoms with Gasteiger partial charge in [-0.3, -0.25) is 4.98 Å². The smallest absolute Gasteiger partial charge is 0.137 e. The molecule has 0 radical (unpaired) electrons. The lowest BCUT2D eigenvalue weighted by atomic mass is 10.1. The van der Waals surface area contributed by atoms with Gasteiger partial charge < -0.3 is 9.47 Å². The standard InChI is InChI=1S/C28H43NO2/c1-4-6-7-8-9-10-11-12-13-21-30-27-18-19-28(29-23-27)25-14-16-26(17-15-25)31-22-20-24(3)5-2/h14-19,23-24H,4-13,20-22H2,1-3H3. The lowest BCUT2D eigenvalue weighted by Crippen LogP contribution is -2.03. The van der Waals surface area contributed by atoms with E-state index in [1.54, 1.807) is 0 Å². The van der Waals surface area contributed by atoms with E-state index >= 15 is 0 Å². The number of rotatable bonds is 17. The molecule has 1 heterocycles. The van der Waals surface area contributed by atoms with Crippen molar-refractivity contribution in [3.8, 4) is 22.8 Å². The average Bonchev–Trinajstić information content (AvgIpc) is 2.81. The predicted molar refractivity (Wildman–Crippen MR) is 132 cm³/mol. The quantitative estimate of drug-likeness (QED) is 0.238. The second kappa shape index (κ2) is 15.7. The minimum absolute atomic E-state index is 0.713. The highest BCUT2D eigenvalue weighted by Gasteiger charge is 2.03. The van der Waals surface area contributed by atoms with E-state index in [4.69, 9.17) is 9.47 Å². The lowest BCUT2D eigenvalue weighted by molar-refractivity contribution is 0.282. The van der Waals surface area contributed by atoms with Crippen molar-refractivity contribution in [3.05, 3.63) is 42.6 Å². The van der Waals surface area contributed by atoms with Crippen LogP contribution in [-0.2, 0) is 0 Å². The van der Waals surface area contributed by atoms with Crippen molar-refractivity contribution < 1.29 is 9.47 Å². The molecular weight excluding hydrogens is 382 g/mol. The van der Waals surface area contributed by atoms with Gasteiger partial charge in [0.2, 0.25) is 0 Å². The zero-order chi connectivity index (χ0) is 22.2. The molecule has 0 spiro atoms. The van der Waals surface area contributed by atoms with Crippen LogP contribution in [0, 0.1) is 5.92 Å². The van der Waals surface area contributed by atoms with Crippen molar-refractivity contribution in [1.82, 2.24) is 4.98 Å². The number of hydrogen-bond acceptors (Lipinski definition) is 3. The first kappa shape index (κ1) is 25.2. The molecule has 0 aliphatic carbocycles. The molecule has 0 amide bonds. The number of ether oxygens (including phenoxy) is 2. The van der Waals surface area contributed by atoms with Gasteiger partial charge in [-0.25, -0.2) is 0 Å². The van der Waals surface area contributed by atoms with Gasteiger partial charge in [0, 0.05) is 5.56 Å². The van der Waals surface area contributed by atoms with Gasteiger partial charge in [-0.05, 0) is 55.2 Å². The van der Waals surface area contributed by atoms with Crippen LogP contribution in [0.2, 0.25) is 0 Å². The van der Waals surface area contributed by atoms with Crippen molar-refractivity contribution in [2.24, 2.45) is 5.92 Å². The van der Waals surface area contributed by atoms with Crippen LogP contribution in [0.15, 0.2) is 42.6 Å². The number of hydrogen-bond donors (Lipinski definition) is 0. The van der Waals surface area contributed by atoms with Crippen LogP contribution in [0.4, 0.5) is 0 Å². The summed E-state index contributed by atoms with van der Waals surface area (Å²) in [5.41, 5.74) is 2.06. The molecule has 172 valence electrons. The van der Waals surface area contributed by atoms with Crippen molar-refractivity contribution in [1.29, 1.82) is 0 Å². The van der Waals surface area contributed by atoms with E-state index in [0.29, 0.717) is 5.92 Å². The van der Waals surface area contributed by atoms with Gasteiger partial charge in [0.15, 0.2) is 0 Å². The molecule has 0 bridgehead atoms. The summed E-state index contributed by atoms with van der Waals surface area (Å²) in [5.74, 6) is 2.49. The fraction of sp³-hybridized carbons (Fsp3) is 0.607. The van der Waals surface area contributed by atoms with Crippen LogP contribution in [0.3, 0.4) is 0 Å². The van der Waals surface area contributed by atoms with Gasteiger partial charge in [-0.15, -0.1) is 0 Å². The minimum Gasteiger partial charge on any atom is -0.494 e. The van der Waals surface area contributed by atoms with E-state index in [0.717, 1.165) is 48.8 Å². The molecule has 3 nitrogen and oxygen atoms in total. The highest BCUT2D eigenvalue weighted by molar-refractivity contribution is 5.60. The molecule has 0 saturated carbocycles. The van der Waals surface area contributed by atoms with Gasteiger partial charge in [0.25, 0.3) is 0 Å². The van der Waals surface area contributed by atoms with Gasteiger partial charge in [0.05, 0.1) is 25.1 Å². The summed E-state index contributed by atoms with van der Waals surface area (Å²) in [7, 11) is 0. The summed E-state index contributed by atoms with van der Waals surface area (Å²) in [6.45, 7) is 8.31. The Morgan fingerprint density at radius 3 is 1.94 bits per heavy atom. The number of unbranched alkanes of at least 4 members (excludes halogenated alkanes) is 8. The maximum atomic E-state index is 5.87. The Bertz CT molecular complexity index is 681. The number of pyridine rings is 1. The van der Waals surface area contributed by atoms with E-state index in [1.807, 2.05) is 30.5 Å². The number of aromatic nitrogens is 1. The van der Waals surface area contributed by atoms with Gasteiger partial charge >= 0.3 is 0 Å². The first-order valence-corrected chi connectivity index (χ1v) is 12.5. The average molecular weight is 426 g/mol.